The smallest absolute Gasteiger partial charge is 0.339 e. The summed E-state index contributed by atoms with van der Waals surface area (Å²) >= 11 is 0. The van der Waals surface area contributed by atoms with Gasteiger partial charge in [-0.05, 0) is 25.0 Å². The summed E-state index contributed by atoms with van der Waals surface area (Å²) in [4.78, 5) is 25.5. The number of amides is 1. The van der Waals surface area contributed by atoms with Crippen LogP contribution in [0.4, 0.5) is 0 Å². The summed E-state index contributed by atoms with van der Waals surface area (Å²) in [5, 5.41) is 2.89. The second-order valence-corrected chi connectivity index (χ2v) is 6.39. The summed E-state index contributed by atoms with van der Waals surface area (Å²) in [6.07, 6.45) is 0.829. The Morgan fingerprint density at radius 3 is 2.07 bits per heavy atom. The van der Waals surface area contributed by atoms with Crippen molar-refractivity contribution in [1.29, 1.82) is 0 Å². The molecule has 3 rings (SSSR count). The molecule has 1 unspecified atom stereocenters. The van der Waals surface area contributed by atoms with E-state index in [0.717, 1.165) is 12.8 Å². The van der Waals surface area contributed by atoms with Gasteiger partial charge in [-0.3, -0.25) is 4.79 Å². The highest BCUT2D eigenvalue weighted by atomic mass is 16.6. The van der Waals surface area contributed by atoms with E-state index in [1.807, 2.05) is 6.07 Å². The highest BCUT2D eigenvalue weighted by molar-refractivity contribution is 5.94. The van der Waals surface area contributed by atoms with Crippen LogP contribution in [0.2, 0.25) is 0 Å². The number of carbonyl (C=O) groups excluding carboxylic acids is 2. The van der Waals surface area contributed by atoms with Crippen molar-refractivity contribution in [2.75, 3.05) is 21.3 Å². The van der Waals surface area contributed by atoms with Crippen molar-refractivity contribution in [3.63, 3.8) is 0 Å². The molecule has 0 heterocycles. The third-order valence-corrected chi connectivity index (χ3v) is 4.39. The Labute approximate surface area is 163 Å². The predicted octanol–water partition coefficient (Wildman–Crippen LogP) is 2.89. The fourth-order valence-electron chi connectivity index (χ4n) is 2.78. The Hall–Kier alpha value is -3.22. The molecular weight excluding hydrogens is 362 g/mol. The van der Waals surface area contributed by atoms with Gasteiger partial charge in [0.25, 0.3) is 5.91 Å². The third-order valence-electron chi connectivity index (χ3n) is 4.39. The number of esters is 1. The van der Waals surface area contributed by atoms with Crippen molar-refractivity contribution in [1.82, 2.24) is 5.32 Å². The largest absolute Gasteiger partial charge is 0.493 e. The Bertz CT molecular complexity index is 822. The molecule has 0 radical (unpaired) electrons. The van der Waals surface area contributed by atoms with Gasteiger partial charge in [0.1, 0.15) is 0 Å². The standard InChI is InChI=1S/C21H23NO6/c1-25-16-11-14(12-17(26-2)19(16)27-3)21(24)28-18(13-7-5-4-6-8-13)20(23)22-15-9-10-15/h4-8,11-12,15,18H,9-10H2,1-3H3,(H,22,23). The second kappa shape index (κ2) is 8.65. The van der Waals surface area contributed by atoms with Gasteiger partial charge in [0.2, 0.25) is 11.9 Å². The first-order chi connectivity index (χ1) is 13.6. The van der Waals surface area contributed by atoms with Crippen LogP contribution in [0.3, 0.4) is 0 Å². The zero-order valence-electron chi connectivity index (χ0n) is 16.1. The molecule has 0 spiro atoms. The van der Waals surface area contributed by atoms with E-state index in [9.17, 15) is 9.59 Å². The van der Waals surface area contributed by atoms with Crippen LogP contribution in [-0.2, 0) is 9.53 Å². The molecule has 7 nitrogen and oxygen atoms in total. The van der Waals surface area contributed by atoms with Gasteiger partial charge < -0.3 is 24.3 Å². The highest BCUT2D eigenvalue weighted by Gasteiger charge is 2.31. The number of carbonyl (C=O) groups is 2. The molecule has 28 heavy (non-hydrogen) atoms. The average molecular weight is 385 g/mol. The maximum Gasteiger partial charge on any atom is 0.339 e. The zero-order chi connectivity index (χ0) is 20.1. The van der Waals surface area contributed by atoms with Gasteiger partial charge in [0, 0.05) is 11.6 Å². The number of rotatable bonds is 8. The van der Waals surface area contributed by atoms with Crippen molar-refractivity contribution in [3.05, 3.63) is 53.6 Å². The topological polar surface area (TPSA) is 83.1 Å². The molecule has 0 aromatic heterocycles. The van der Waals surface area contributed by atoms with Gasteiger partial charge in [0.15, 0.2) is 11.5 Å². The minimum Gasteiger partial charge on any atom is -0.493 e. The van der Waals surface area contributed by atoms with Crippen LogP contribution in [0.25, 0.3) is 0 Å². The molecule has 1 aliphatic rings. The van der Waals surface area contributed by atoms with E-state index in [0.29, 0.717) is 22.8 Å². The minimum atomic E-state index is -1.05. The Balaban J connectivity index is 1.88. The van der Waals surface area contributed by atoms with E-state index in [2.05, 4.69) is 5.32 Å². The van der Waals surface area contributed by atoms with Gasteiger partial charge >= 0.3 is 5.97 Å². The number of hydrogen-bond donors (Lipinski definition) is 1. The number of benzene rings is 2. The van der Waals surface area contributed by atoms with E-state index >= 15 is 0 Å². The summed E-state index contributed by atoms with van der Waals surface area (Å²) in [6.45, 7) is 0. The van der Waals surface area contributed by atoms with Crippen LogP contribution in [0.1, 0.15) is 34.9 Å². The highest BCUT2D eigenvalue weighted by Crippen LogP contribution is 2.38. The molecule has 2 aromatic carbocycles. The van der Waals surface area contributed by atoms with Crippen molar-refractivity contribution in [2.24, 2.45) is 0 Å². The maximum atomic E-state index is 12.8. The normalized spacial score (nSPS) is 14.0. The van der Waals surface area contributed by atoms with E-state index < -0.39 is 12.1 Å². The van der Waals surface area contributed by atoms with Crippen molar-refractivity contribution < 1.29 is 28.5 Å². The first-order valence-corrected chi connectivity index (χ1v) is 8.93. The number of methoxy groups -OCH3 is 3. The molecule has 1 saturated carbocycles. The van der Waals surface area contributed by atoms with Gasteiger partial charge in [-0.1, -0.05) is 30.3 Å². The van der Waals surface area contributed by atoms with Crippen LogP contribution >= 0.6 is 0 Å². The summed E-state index contributed by atoms with van der Waals surface area (Å²) in [6, 6.07) is 12.0. The molecule has 0 bridgehead atoms. The molecule has 148 valence electrons. The monoisotopic (exact) mass is 385 g/mol. The van der Waals surface area contributed by atoms with Crippen molar-refractivity contribution in [2.45, 2.75) is 25.0 Å². The second-order valence-electron chi connectivity index (χ2n) is 6.39. The summed E-state index contributed by atoms with van der Waals surface area (Å²) in [7, 11) is 4.40. The fourth-order valence-corrected chi connectivity index (χ4v) is 2.78. The lowest BCUT2D eigenvalue weighted by Crippen LogP contribution is -2.33. The third kappa shape index (κ3) is 4.36. The van der Waals surface area contributed by atoms with Crippen molar-refractivity contribution in [3.8, 4) is 17.2 Å². The Morgan fingerprint density at radius 2 is 1.57 bits per heavy atom. The van der Waals surface area contributed by atoms with Crippen LogP contribution in [0.5, 0.6) is 17.2 Å². The Kier molecular flexibility index (Phi) is 6.03. The maximum absolute atomic E-state index is 12.8. The summed E-state index contributed by atoms with van der Waals surface area (Å²) in [5.74, 6) is 0.0150. The van der Waals surface area contributed by atoms with Crippen molar-refractivity contribution >= 4 is 11.9 Å². The lowest BCUT2D eigenvalue weighted by atomic mass is 10.1. The van der Waals surface area contributed by atoms with Crippen LogP contribution in [0, 0.1) is 0 Å². The molecular formula is C21H23NO6. The lowest BCUT2D eigenvalue weighted by Gasteiger charge is -2.19. The number of ether oxygens (including phenoxy) is 4. The van der Waals surface area contributed by atoms with Gasteiger partial charge in [-0.15, -0.1) is 0 Å². The van der Waals surface area contributed by atoms with Crippen LogP contribution in [0.15, 0.2) is 42.5 Å². The van der Waals surface area contributed by atoms with Gasteiger partial charge in [-0.25, -0.2) is 4.79 Å². The molecule has 1 N–H and O–H groups in total. The van der Waals surface area contributed by atoms with Gasteiger partial charge in [0.05, 0.1) is 26.9 Å². The quantitative estimate of drug-likeness (QED) is 0.704. The molecule has 7 heteroatoms. The lowest BCUT2D eigenvalue weighted by molar-refractivity contribution is -0.130. The predicted molar refractivity (Wildman–Crippen MR) is 102 cm³/mol. The Morgan fingerprint density at radius 1 is 0.964 bits per heavy atom. The van der Waals surface area contributed by atoms with E-state index in [1.54, 1.807) is 24.3 Å². The molecule has 1 fully saturated rings. The average Bonchev–Trinajstić information content (AvgIpc) is 3.55. The van der Waals surface area contributed by atoms with E-state index in [1.165, 1.54) is 33.5 Å². The molecule has 2 aromatic rings. The summed E-state index contributed by atoms with van der Waals surface area (Å²) < 4.78 is 21.4. The van der Waals surface area contributed by atoms with E-state index in [4.69, 9.17) is 18.9 Å². The van der Waals surface area contributed by atoms with E-state index in [-0.39, 0.29) is 17.5 Å². The SMILES string of the molecule is COc1cc(C(=O)OC(C(=O)NC2CC2)c2ccccc2)cc(OC)c1OC. The molecule has 1 atom stereocenters. The summed E-state index contributed by atoms with van der Waals surface area (Å²) in [5.41, 5.74) is 0.788. The molecule has 1 aliphatic carbocycles. The first kappa shape index (κ1) is 19.5. The fraction of sp³-hybridized carbons (Fsp3) is 0.333. The molecule has 0 aliphatic heterocycles. The number of nitrogens with one attached hydrogen (secondary N) is 1. The zero-order valence-corrected chi connectivity index (χ0v) is 16.1. The molecule has 1 amide bonds. The molecule has 0 saturated heterocycles. The number of hydrogen-bond acceptors (Lipinski definition) is 6. The van der Waals surface area contributed by atoms with Crippen LogP contribution < -0.4 is 19.5 Å². The minimum absolute atomic E-state index is 0.151. The van der Waals surface area contributed by atoms with Gasteiger partial charge in [-0.2, -0.15) is 0 Å². The van der Waals surface area contributed by atoms with Crippen LogP contribution in [-0.4, -0.2) is 39.2 Å². The first-order valence-electron chi connectivity index (χ1n) is 8.93.